The lowest BCUT2D eigenvalue weighted by atomic mass is 9.88. The molecule has 2 aliphatic rings. The number of carbonyl (C=O) groups excluding carboxylic acids is 1. The minimum absolute atomic E-state index is 0.0191. The summed E-state index contributed by atoms with van der Waals surface area (Å²) in [4.78, 5) is 32.0. The van der Waals surface area contributed by atoms with E-state index < -0.39 is 0 Å². The number of rotatable bonds is 7. The molecule has 0 spiro atoms. The topological polar surface area (TPSA) is 64.0 Å². The summed E-state index contributed by atoms with van der Waals surface area (Å²) in [6, 6.07) is 8.39. The van der Waals surface area contributed by atoms with Crippen molar-refractivity contribution in [1.82, 2.24) is 14.9 Å². The maximum atomic E-state index is 13.3. The Balaban J connectivity index is 1.39. The van der Waals surface area contributed by atoms with Crippen molar-refractivity contribution in [2.24, 2.45) is 0 Å². The molecule has 5 rings (SSSR count). The second kappa shape index (κ2) is 8.87. The third-order valence-electron chi connectivity index (χ3n) is 6.35. The van der Waals surface area contributed by atoms with Gasteiger partial charge in [0.15, 0.2) is 5.16 Å². The largest absolute Gasteiger partial charge is 0.348 e. The highest BCUT2D eigenvalue weighted by molar-refractivity contribution is 8.00. The predicted molar refractivity (Wildman–Crippen MR) is 132 cm³/mol. The van der Waals surface area contributed by atoms with Gasteiger partial charge in [-0.3, -0.25) is 14.2 Å². The highest BCUT2D eigenvalue weighted by Gasteiger charge is 2.30. The van der Waals surface area contributed by atoms with Gasteiger partial charge in [0.2, 0.25) is 5.91 Å². The van der Waals surface area contributed by atoms with E-state index >= 15 is 0 Å². The van der Waals surface area contributed by atoms with Crippen LogP contribution < -0.4 is 10.9 Å². The zero-order chi connectivity index (χ0) is 22.2. The van der Waals surface area contributed by atoms with Gasteiger partial charge in [-0.1, -0.05) is 42.1 Å². The van der Waals surface area contributed by atoms with Gasteiger partial charge >= 0.3 is 0 Å². The summed E-state index contributed by atoms with van der Waals surface area (Å²) in [5.41, 5.74) is 3.66. The van der Waals surface area contributed by atoms with Crippen molar-refractivity contribution in [2.75, 3.05) is 0 Å². The Labute approximate surface area is 195 Å². The van der Waals surface area contributed by atoms with Gasteiger partial charge in [0.1, 0.15) is 4.83 Å². The lowest BCUT2D eigenvalue weighted by molar-refractivity contribution is -0.121. The van der Waals surface area contributed by atoms with Crippen molar-refractivity contribution >= 4 is 39.2 Å². The number of allylic oxidation sites excluding steroid dienone is 1. The number of carbonyl (C=O) groups is 1. The number of thioether (sulfide) groups is 1. The third-order valence-corrected chi connectivity index (χ3v) is 8.33. The predicted octanol–water partition coefficient (Wildman–Crippen LogP) is 5.20. The summed E-state index contributed by atoms with van der Waals surface area (Å²) >= 11 is 2.88. The summed E-state index contributed by atoms with van der Waals surface area (Å²) in [5.74, 6) is 0.470. The van der Waals surface area contributed by atoms with Gasteiger partial charge in [-0.15, -0.1) is 17.9 Å². The zero-order valence-corrected chi connectivity index (χ0v) is 19.8. The van der Waals surface area contributed by atoms with Crippen LogP contribution in [0.2, 0.25) is 0 Å². The van der Waals surface area contributed by atoms with Crippen LogP contribution in [0.4, 0.5) is 0 Å². The van der Waals surface area contributed by atoms with Crippen LogP contribution >= 0.6 is 23.1 Å². The quantitative estimate of drug-likeness (QED) is 0.296. The van der Waals surface area contributed by atoms with Crippen molar-refractivity contribution < 1.29 is 4.79 Å². The molecule has 32 heavy (non-hydrogen) atoms. The van der Waals surface area contributed by atoms with E-state index in [0.717, 1.165) is 47.9 Å². The molecule has 0 bridgehead atoms. The van der Waals surface area contributed by atoms with E-state index in [4.69, 9.17) is 4.98 Å². The lowest BCUT2D eigenvalue weighted by Gasteiger charge is -2.27. The van der Waals surface area contributed by atoms with E-state index in [9.17, 15) is 9.59 Å². The molecule has 2 aliphatic carbocycles. The number of nitrogens with one attached hydrogen (secondary N) is 1. The Kier molecular flexibility index (Phi) is 5.95. The van der Waals surface area contributed by atoms with Crippen LogP contribution in [0.3, 0.4) is 0 Å². The SMILES string of the molecule is C=CCn1c(S[C@H](C)C(=O)N[C@H]2CCCc3ccccc32)nc2scc(C3CC3)c2c1=O. The Morgan fingerprint density at radius 1 is 1.34 bits per heavy atom. The highest BCUT2D eigenvalue weighted by Crippen LogP contribution is 2.44. The van der Waals surface area contributed by atoms with E-state index in [0.29, 0.717) is 17.6 Å². The molecule has 1 aromatic carbocycles. The summed E-state index contributed by atoms with van der Waals surface area (Å²) in [6.07, 6.45) is 7.09. The maximum Gasteiger partial charge on any atom is 0.263 e. The number of hydrogen-bond donors (Lipinski definition) is 1. The lowest BCUT2D eigenvalue weighted by Crippen LogP contribution is -2.36. The summed E-state index contributed by atoms with van der Waals surface area (Å²) in [7, 11) is 0. The summed E-state index contributed by atoms with van der Waals surface area (Å²) in [6.45, 7) is 6.08. The minimum atomic E-state index is -0.368. The Bertz CT molecular complexity index is 1240. The van der Waals surface area contributed by atoms with Crippen LogP contribution in [0.25, 0.3) is 10.2 Å². The van der Waals surface area contributed by atoms with E-state index in [-0.39, 0.29) is 22.8 Å². The number of aromatic nitrogens is 2. The van der Waals surface area contributed by atoms with Gasteiger partial charge < -0.3 is 5.32 Å². The van der Waals surface area contributed by atoms with Crippen molar-refractivity contribution in [3.63, 3.8) is 0 Å². The number of benzene rings is 1. The van der Waals surface area contributed by atoms with Gasteiger partial charge in [0.05, 0.1) is 16.7 Å². The molecule has 166 valence electrons. The number of fused-ring (bicyclic) bond motifs is 2. The first-order chi connectivity index (χ1) is 15.6. The van der Waals surface area contributed by atoms with Gasteiger partial charge in [0.25, 0.3) is 5.56 Å². The number of aryl methyl sites for hydroxylation is 1. The maximum absolute atomic E-state index is 13.3. The molecular formula is C25H27N3O2S2. The van der Waals surface area contributed by atoms with Crippen LogP contribution in [-0.4, -0.2) is 20.7 Å². The molecule has 0 radical (unpaired) electrons. The van der Waals surface area contributed by atoms with Gasteiger partial charge in [-0.05, 0) is 67.0 Å². The number of thiophene rings is 1. The normalized spacial score (nSPS) is 18.8. The number of nitrogens with zero attached hydrogens (tertiary/aromatic N) is 2. The molecule has 1 fully saturated rings. The molecule has 1 amide bonds. The smallest absolute Gasteiger partial charge is 0.263 e. The zero-order valence-electron chi connectivity index (χ0n) is 18.2. The van der Waals surface area contributed by atoms with Crippen LogP contribution in [-0.2, 0) is 17.8 Å². The minimum Gasteiger partial charge on any atom is -0.348 e. The fourth-order valence-corrected chi connectivity index (χ4v) is 6.50. The Morgan fingerprint density at radius 2 is 2.16 bits per heavy atom. The first kappa shape index (κ1) is 21.5. The first-order valence-electron chi connectivity index (χ1n) is 11.2. The van der Waals surface area contributed by atoms with E-state index in [2.05, 4.69) is 35.5 Å². The molecule has 1 N–H and O–H groups in total. The highest BCUT2D eigenvalue weighted by atomic mass is 32.2. The Hall–Kier alpha value is -2.38. The third kappa shape index (κ3) is 4.04. The average molecular weight is 466 g/mol. The second-order valence-electron chi connectivity index (χ2n) is 8.66. The molecule has 0 unspecified atom stereocenters. The van der Waals surface area contributed by atoms with Crippen molar-refractivity contribution in [3.05, 3.63) is 69.3 Å². The van der Waals surface area contributed by atoms with Gasteiger partial charge in [-0.25, -0.2) is 4.98 Å². The van der Waals surface area contributed by atoms with Crippen molar-refractivity contribution in [1.29, 1.82) is 0 Å². The van der Waals surface area contributed by atoms with Gasteiger partial charge in [0, 0.05) is 6.54 Å². The molecule has 2 heterocycles. The fourth-order valence-electron chi connectivity index (χ4n) is 4.51. The van der Waals surface area contributed by atoms with E-state index in [1.54, 1.807) is 10.6 Å². The van der Waals surface area contributed by atoms with E-state index in [1.165, 1.54) is 34.2 Å². The molecule has 3 aromatic rings. The number of hydrogen-bond acceptors (Lipinski definition) is 5. The molecule has 2 atom stereocenters. The van der Waals surface area contributed by atoms with E-state index in [1.807, 2.05) is 13.0 Å². The molecular weight excluding hydrogens is 438 g/mol. The van der Waals surface area contributed by atoms with Crippen molar-refractivity contribution in [3.8, 4) is 0 Å². The molecule has 2 aromatic heterocycles. The monoisotopic (exact) mass is 465 g/mol. The summed E-state index contributed by atoms with van der Waals surface area (Å²) < 4.78 is 1.66. The van der Waals surface area contributed by atoms with Crippen LogP contribution in [0.5, 0.6) is 0 Å². The Morgan fingerprint density at radius 3 is 2.94 bits per heavy atom. The molecule has 0 aliphatic heterocycles. The molecule has 1 saturated carbocycles. The fraction of sp³-hybridized carbons (Fsp3) is 0.400. The molecule has 0 saturated heterocycles. The second-order valence-corrected chi connectivity index (χ2v) is 10.8. The standard InChI is InChI=1S/C25H27N3O2S2/c1-3-13-28-24(30)21-19(17-11-12-17)14-31-23(21)27-25(28)32-15(2)22(29)26-20-10-6-8-16-7-4-5-9-18(16)20/h3-5,7,9,14-15,17,20H,1,6,8,10-13H2,2H3,(H,26,29)/t15-,20+/m1/s1. The van der Waals surface area contributed by atoms with Crippen LogP contribution in [0.15, 0.2) is 52.3 Å². The van der Waals surface area contributed by atoms with Crippen LogP contribution in [0.1, 0.15) is 61.3 Å². The number of amides is 1. The molecule has 5 nitrogen and oxygen atoms in total. The summed E-state index contributed by atoms with van der Waals surface area (Å²) in [5, 5.41) is 6.28. The van der Waals surface area contributed by atoms with Crippen molar-refractivity contribution in [2.45, 2.75) is 67.9 Å². The van der Waals surface area contributed by atoms with Gasteiger partial charge in [-0.2, -0.15) is 0 Å². The molecule has 7 heteroatoms. The average Bonchev–Trinajstić information content (AvgIpc) is 3.56. The first-order valence-corrected chi connectivity index (χ1v) is 13.0. The van der Waals surface area contributed by atoms with Crippen LogP contribution in [0, 0.1) is 0 Å².